The first-order chi connectivity index (χ1) is 21.0. The minimum absolute atomic E-state index is 0.00377. The molecular weight excluding hydrogens is 578 g/mol. The van der Waals surface area contributed by atoms with Crippen LogP contribution in [0.4, 0.5) is 0 Å². The Hall–Kier alpha value is -4.14. The van der Waals surface area contributed by atoms with E-state index in [-0.39, 0.29) is 48.3 Å². The first kappa shape index (κ1) is 32.8. The molecule has 1 aliphatic rings. The van der Waals surface area contributed by atoms with E-state index in [4.69, 9.17) is 28.6 Å². The number of hydrogen-bond acceptors (Lipinski definition) is 12. The maximum atomic E-state index is 14.1. The van der Waals surface area contributed by atoms with E-state index in [2.05, 4.69) is 0 Å². The summed E-state index contributed by atoms with van der Waals surface area (Å²) < 4.78 is 29.0. The van der Waals surface area contributed by atoms with Crippen LogP contribution in [0.1, 0.15) is 39.2 Å². The van der Waals surface area contributed by atoms with Crippen molar-refractivity contribution in [1.29, 1.82) is 0 Å². The summed E-state index contributed by atoms with van der Waals surface area (Å²) >= 11 is 0. The molecule has 2 heterocycles. The zero-order chi connectivity index (χ0) is 32.1. The van der Waals surface area contributed by atoms with E-state index in [9.17, 15) is 30.0 Å². The largest absolute Gasteiger partial charge is 0.507 e. The normalized spacial score (nSPS) is 21.5. The number of aromatic hydroxyl groups is 1. The van der Waals surface area contributed by atoms with Crippen LogP contribution in [0, 0.1) is 0 Å². The van der Waals surface area contributed by atoms with Crippen molar-refractivity contribution in [2.24, 2.45) is 0 Å². The van der Waals surface area contributed by atoms with Gasteiger partial charge in [0.25, 0.3) is 0 Å². The lowest BCUT2D eigenvalue weighted by Gasteiger charge is -2.38. The zero-order valence-electron chi connectivity index (χ0n) is 24.8. The summed E-state index contributed by atoms with van der Waals surface area (Å²) in [6, 6.07) is 7.79. The molecule has 2 aromatic carbocycles. The molecule has 238 valence electrons. The van der Waals surface area contributed by atoms with Gasteiger partial charge in [-0.1, -0.05) is 11.6 Å². The van der Waals surface area contributed by atoms with E-state index in [1.807, 2.05) is 19.9 Å². The summed E-state index contributed by atoms with van der Waals surface area (Å²) in [4.78, 5) is 25.5. The molecule has 3 aromatic rings. The molecule has 0 unspecified atom stereocenters. The van der Waals surface area contributed by atoms with Gasteiger partial charge in [-0.2, -0.15) is 0 Å². The Morgan fingerprint density at radius 2 is 1.80 bits per heavy atom. The number of nitrogens with one attached hydrogen (secondary N) is 1. The number of rotatable bonds is 11. The topological polar surface area (TPSA) is 197 Å². The smallest absolute Gasteiger partial charge is 0.243 e. The Labute approximate surface area is 252 Å². The maximum Gasteiger partial charge on any atom is 0.243 e. The lowest BCUT2D eigenvalue weighted by Crippen LogP contribution is -2.58. The van der Waals surface area contributed by atoms with Gasteiger partial charge in [-0.05, 0) is 57.9 Å². The number of ether oxygens (including phenoxy) is 4. The van der Waals surface area contributed by atoms with Crippen molar-refractivity contribution in [3.8, 4) is 34.3 Å². The van der Waals surface area contributed by atoms with Gasteiger partial charge >= 0.3 is 0 Å². The highest BCUT2D eigenvalue weighted by atomic mass is 16.7. The summed E-state index contributed by atoms with van der Waals surface area (Å²) in [5.41, 5.74) is 2.57. The van der Waals surface area contributed by atoms with Gasteiger partial charge in [0, 0.05) is 23.6 Å². The Balaban J connectivity index is 1.91. The summed E-state index contributed by atoms with van der Waals surface area (Å²) in [5, 5.41) is 50.6. The second kappa shape index (κ2) is 14.1. The number of allylic oxidation sites excluding steroid dienone is 2. The zero-order valence-corrected chi connectivity index (χ0v) is 24.8. The van der Waals surface area contributed by atoms with Crippen LogP contribution in [0.5, 0.6) is 23.0 Å². The molecule has 0 aliphatic carbocycles. The molecule has 1 aromatic heterocycles. The van der Waals surface area contributed by atoms with Crippen LogP contribution in [0.2, 0.25) is 0 Å². The summed E-state index contributed by atoms with van der Waals surface area (Å²) in [5.74, 6) is -0.780. The third-order valence-electron chi connectivity index (χ3n) is 7.21. The molecule has 0 radical (unpaired) electrons. The molecule has 0 spiro atoms. The number of benzene rings is 2. The third-order valence-corrected chi connectivity index (χ3v) is 7.21. The predicted octanol–water partition coefficient (Wildman–Crippen LogP) is 2.55. The highest BCUT2D eigenvalue weighted by Crippen LogP contribution is 2.41. The fraction of sp³-hybridized carbons (Fsp3) is 0.419. The molecule has 1 aliphatic heterocycles. The standard InChI is InChI=1S/C31H37NO12/c1-15(2)7-12-19-21(41-13-5-6-22(34)32-39)14-20(33)23-25(36)30(44-31-27(38)26(37)24(35)16(3)42-31)28(43-29(19)23)17-8-10-18(40-4)11-9-17/h7-11,14,16,24,26-27,31,33,35,37-39H,5-6,12-13H2,1-4H3,(H,32,34)/t16-,24-,26+,27+,31-/m1/s1. The Kier molecular flexibility index (Phi) is 10.5. The monoisotopic (exact) mass is 615 g/mol. The van der Waals surface area contributed by atoms with Crippen LogP contribution < -0.4 is 25.1 Å². The number of amides is 1. The number of aliphatic hydroxyl groups is 3. The number of fused-ring (bicyclic) bond motifs is 1. The first-order valence-electron chi connectivity index (χ1n) is 14.0. The molecule has 1 amide bonds. The van der Waals surface area contributed by atoms with Crippen molar-refractivity contribution >= 4 is 16.9 Å². The third kappa shape index (κ3) is 6.98. The number of phenolic OH excluding ortho intramolecular Hbond substituents is 1. The van der Waals surface area contributed by atoms with Gasteiger partial charge in [0.2, 0.25) is 23.4 Å². The van der Waals surface area contributed by atoms with Gasteiger partial charge in [-0.25, -0.2) is 5.48 Å². The van der Waals surface area contributed by atoms with Gasteiger partial charge in [-0.15, -0.1) is 0 Å². The van der Waals surface area contributed by atoms with Gasteiger partial charge in [-0.3, -0.25) is 14.8 Å². The number of hydrogen-bond donors (Lipinski definition) is 6. The van der Waals surface area contributed by atoms with Gasteiger partial charge in [0.1, 0.15) is 46.5 Å². The molecule has 13 heteroatoms. The second-order valence-corrected chi connectivity index (χ2v) is 10.7. The van der Waals surface area contributed by atoms with Crippen molar-refractivity contribution in [2.45, 2.75) is 70.7 Å². The highest BCUT2D eigenvalue weighted by Gasteiger charge is 2.44. The van der Waals surface area contributed by atoms with Gasteiger partial charge < -0.3 is 43.8 Å². The van der Waals surface area contributed by atoms with Crippen LogP contribution in [-0.2, 0) is 16.0 Å². The van der Waals surface area contributed by atoms with E-state index < -0.39 is 53.5 Å². The molecule has 6 N–H and O–H groups in total. The van der Waals surface area contributed by atoms with E-state index in [0.717, 1.165) is 5.57 Å². The lowest BCUT2D eigenvalue weighted by atomic mass is 10.00. The van der Waals surface area contributed by atoms with Crippen molar-refractivity contribution in [3.05, 3.63) is 57.8 Å². The van der Waals surface area contributed by atoms with E-state index in [0.29, 0.717) is 16.9 Å². The van der Waals surface area contributed by atoms with Crippen molar-refractivity contribution < 1.29 is 53.8 Å². The molecule has 0 saturated carbocycles. The van der Waals surface area contributed by atoms with E-state index in [1.165, 1.54) is 20.1 Å². The Morgan fingerprint density at radius 3 is 2.43 bits per heavy atom. The number of carbonyl (C=O) groups is 1. The molecule has 1 fully saturated rings. The van der Waals surface area contributed by atoms with Crippen LogP contribution in [0.3, 0.4) is 0 Å². The molecule has 44 heavy (non-hydrogen) atoms. The summed E-state index contributed by atoms with van der Waals surface area (Å²) in [7, 11) is 1.50. The second-order valence-electron chi connectivity index (χ2n) is 10.7. The van der Waals surface area contributed by atoms with Crippen LogP contribution in [0.25, 0.3) is 22.3 Å². The molecule has 1 saturated heterocycles. The fourth-order valence-electron chi connectivity index (χ4n) is 4.73. The SMILES string of the molecule is COc1ccc(-c2oc3c(CC=C(C)C)c(OCCCC(=O)NO)cc(O)c3c(=O)c2O[C@H]2O[C@H](C)[C@@H](O)[C@H](O)[C@@H]2O)cc1. The summed E-state index contributed by atoms with van der Waals surface area (Å²) in [6.45, 7) is 5.31. The lowest BCUT2D eigenvalue weighted by molar-refractivity contribution is -0.268. The average molecular weight is 616 g/mol. The predicted molar refractivity (Wildman–Crippen MR) is 157 cm³/mol. The minimum Gasteiger partial charge on any atom is -0.507 e. The van der Waals surface area contributed by atoms with Crippen molar-refractivity contribution in [1.82, 2.24) is 5.48 Å². The van der Waals surface area contributed by atoms with Crippen molar-refractivity contribution in [2.75, 3.05) is 13.7 Å². The molecular formula is C31H37NO12. The molecule has 4 rings (SSSR count). The quantitative estimate of drug-likeness (QED) is 0.0799. The Morgan fingerprint density at radius 1 is 1.09 bits per heavy atom. The molecule has 0 bridgehead atoms. The van der Waals surface area contributed by atoms with E-state index >= 15 is 0 Å². The first-order valence-corrected chi connectivity index (χ1v) is 14.0. The number of hydroxylamine groups is 1. The fourth-order valence-corrected chi connectivity index (χ4v) is 4.73. The molecule has 5 atom stereocenters. The Bertz CT molecular complexity index is 1560. The molecule has 13 nitrogen and oxygen atoms in total. The number of methoxy groups -OCH3 is 1. The maximum absolute atomic E-state index is 14.1. The van der Waals surface area contributed by atoms with E-state index in [1.54, 1.807) is 29.7 Å². The number of carbonyl (C=O) groups excluding carboxylic acids is 1. The highest BCUT2D eigenvalue weighted by molar-refractivity contribution is 5.91. The van der Waals surface area contributed by atoms with Gasteiger partial charge in [0.15, 0.2) is 5.76 Å². The number of aliphatic hydroxyl groups excluding tert-OH is 3. The van der Waals surface area contributed by atoms with Gasteiger partial charge in [0.05, 0.1) is 19.8 Å². The number of phenols is 1. The minimum atomic E-state index is -1.72. The van der Waals surface area contributed by atoms with Crippen LogP contribution in [0.15, 0.2) is 51.2 Å². The van der Waals surface area contributed by atoms with Crippen LogP contribution >= 0.6 is 0 Å². The average Bonchev–Trinajstić information content (AvgIpc) is 3.01. The summed E-state index contributed by atoms with van der Waals surface area (Å²) in [6.07, 6.45) is -4.84. The van der Waals surface area contributed by atoms with Crippen LogP contribution in [-0.4, -0.2) is 76.0 Å². The van der Waals surface area contributed by atoms with Crippen molar-refractivity contribution in [3.63, 3.8) is 0 Å².